The Labute approximate surface area is 171 Å². The van der Waals surface area contributed by atoms with E-state index in [1.807, 2.05) is 32.0 Å². The predicted octanol–water partition coefficient (Wildman–Crippen LogP) is 2.63. The number of benzene rings is 2. The normalized spacial score (nSPS) is 15.2. The van der Waals surface area contributed by atoms with Crippen LogP contribution < -0.4 is 9.47 Å². The van der Waals surface area contributed by atoms with Gasteiger partial charge >= 0.3 is 0 Å². The van der Waals surface area contributed by atoms with Gasteiger partial charge in [-0.2, -0.15) is 4.31 Å². The summed E-state index contributed by atoms with van der Waals surface area (Å²) in [6, 6.07) is 13.7. The molecule has 0 spiro atoms. The average Bonchev–Trinajstić information content (AvgIpc) is 2.75. The Morgan fingerprint density at radius 3 is 2.14 bits per heavy atom. The van der Waals surface area contributed by atoms with Gasteiger partial charge in [0.1, 0.15) is 0 Å². The van der Waals surface area contributed by atoms with Crippen molar-refractivity contribution < 1.29 is 22.7 Å². The molecule has 7 nitrogen and oxygen atoms in total. The maximum Gasteiger partial charge on any atom is 0.253 e. The topological polar surface area (TPSA) is 76.2 Å². The fourth-order valence-electron chi connectivity index (χ4n) is 3.24. The van der Waals surface area contributed by atoms with Crippen molar-refractivity contribution in [1.82, 2.24) is 9.21 Å². The van der Waals surface area contributed by atoms with Crippen molar-refractivity contribution in [2.75, 3.05) is 39.4 Å². The molecular formula is C21H26N2O5S. The smallest absolute Gasteiger partial charge is 0.253 e. The van der Waals surface area contributed by atoms with Gasteiger partial charge in [-0.1, -0.05) is 18.2 Å². The van der Waals surface area contributed by atoms with Gasteiger partial charge in [0.05, 0.1) is 18.1 Å². The molecule has 1 aliphatic heterocycles. The molecule has 29 heavy (non-hydrogen) atoms. The van der Waals surface area contributed by atoms with Gasteiger partial charge in [-0.15, -0.1) is 0 Å². The van der Waals surface area contributed by atoms with Gasteiger partial charge in [0.15, 0.2) is 11.5 Å². The Morgan fingerprint density at radius 2 is 1.52 bits per heavy atom. The van der Waals surface area contributed by atoms with E-state index >= 15 is 0 Å². The number of sulfonamides is 1. The molecule has 2 aromatic rings. The van der Waals surface area contributed by atoms with Crippen LogP contribution in [-0.2, 0) is 10.0 Å². The molecule has 0 aliphatic carbocycles. The minimum Gasteiger partial charge on any atom is -0.490 e. The van der Waals surface area contributed by atoms with Gasteiger partial charge in [0.25, 0.3) is 5.91 Å². The van der Waals surface area contributed by atoms with E-state index in [9.17, 15) is 13.2 Å². The molecule has 0 radical (unpaired) electrons. The first-order chi connectivity index (χ1) is 14.0. The zero-order valence-electron chi connectivity index (χ0n) is 16.7. The van der Waals surface area contributed by atoms with Crippen LogP contribution in [0.4, 0.5) is 0 Å². The minimum atomic E-state index is -3.69. The van der Waals surface area contributed by atoms with E-state index in [4.69, 9.17) is 9.47 Å². The van der Waals surface area contributed by atoms with Gasteiger partial charge < -0.3 is 14.4 Å². The van der Waals surface area contributed by atoms with Crippen LogP contribution in [0.5, 0.6) is 11.5 Å². The van der Waals surface area contributed by atoms with Crippen LogP contribution >= 0.6 is 0 Å². The Morgan fingerprint density at radius 1 is 0.897 bits per heavy atom. The molecule has 156 valence electrons. The highest BCUT2D eigenvalue weighted by Crippen LogP contribution is 2.31. The number of carbonyl (C=O) groups is 1. The molecule has 1 saturated heterocycles. The summed E-state index contributed by atoms with van der Waals surface area (Å²) in [5, 5.41) is 0. The first kappa shape index (κ1) is 21.1. The van der Waals surface area contributed by atoms with Crippen molar-refractivity contribution in [2.24, 2.45) is 0 Å². The van der Waals surface area contributed by atoms with Crippen LogP contribution in [0.3, 0.4) is 0 Å². The molecule has 0 unspecified atom stereocenters. The number of hydrogen-bond acceptors (Lipinski definition) is 5. The third-order valence-corrected chi connectivity index (χ3v) is 6.59. The second-order valence-corrected chi connectivity index (χ2v) is 8.47. The monoisotopic (exact) mass is 418 g/mol. The van der Waals surface area contributed by atoms with E-state index in [0.29, 0.717) is 43.4 Å². The second-order valence-electron chi connectivity index (χ2n) is 6.54. The standard InChI is InChI=1S/C21H26N2O5S/c1-3-27-19-11-10-18(16-20(19)28-4-2)29(25,26)23-14-12-22(13-15-23)21(24)17-8-6-5-7-9-17/h5-11,16H,3-4,12-15H2,1-2H3. The fourth-order valence-corrected chi connectivity index (χ4v) is 4.67. The number of carbonyl (C=O) groups excluding carboxylic acids is 1. The lowest BCUT2D eigenvalue weighted by Gasteiger charge is -2.34. The Balaban J connectivity index is 1.73. The number of amides is 1. The van der Waals surface area contributed by atoms with Crippen molar-refractivity contribution in [1.29, 1.82) is 0 Å². The van der Waals surface area contributed by atoms with E-state index in [2.05, 4.69) is 0 Å². The van der Waals surface area contributed by atoms with Crippen molar-refractivity contribution in [3.05, 3.63) is 54.1 Å². The summed E-state index contributed by atoms with van der Waals surface area (Å²) in [5.74, 6) is 0.849. The average molecular weight is 419 g/mol. The Kier molecular flexibility index (Phi) is 6.76. The van der Waals surface area contributed by atoms with E-state index in [1.165, 1.54) is 16.4 Å². The molecule has 2 aromatic carbocycles. The SMILES string of the molecule is CCOc1ccc(S(=O)(=O)N2CCN(C(=O)c3ccccc3)CC2)cc1OCC. The van der Waals surface area contributed by atoms with Gasteiger partial charge in [-0.25, -0.2) is 8.42 Å². The Bertz CT molecular complexity index is 939. The fraction of sp³-hybridized carbons (Fsp3) is 0.381. The lowest BCUT2D eigenvalue weighted by atomic mass is 10.2. The van der Waals surface area contributed by atoms with E-state index in [0.717, 1.165) is 0 Å². The molecule has 3 rings (SSSR count). The minimum absolute atomic E-state index is 0.0812. The third-order valence-electron chi connectivity index (χ3n) is 4.70. The molecule has 8 heteroatoms. The molecular weight excluding hydrogens is 392 g/mol. The molecule has 1 heterocycles. The van der Waals surface area contributed by atoms with Crippen LogP contribution in [0.1, 0.15) is 24.2 Å². The molecule has 0 N–H and O–H groups in total. The summed E-state index contributed by atoms with van der Waals surface area (Å²) in [4.78, 5) is 14.4. The summed E-state index contributed by atoms with van der Waals surface area (Å²) in [6.45, 7) is 5.75. The van der Waals surface area contributed by atoms with E-state index in [1.54, 1.807) is 23.1 Å². The first-order valence-corrected chi connectivity index (χ1v) is 11.2. The highest BCUT2D eigenvalue weighted by Gasteiger charge is 2.31. The van der Waals surface area contributed by atoms with Gasteiger partial charge in [0, 0.05) is 37.8 Å². The largest absolute Gasteiger partial charge is 0.490 e. The van der Waals surface area contributed by atoms with Crippen molar-refractivity contribution in [3.8, 4) is 11.5 Å². The lowest BCUT2D eigenvalue weighted by Crippen LogP contribution is -2.50. The van der Waals surface area contributed by atoms with Crippen LogP contribution in [0, 0.1) is 0 Å². The van der Waals surface area contributed by atoms with E-state index < -0.39 is 10.0 Å². The van der Waals surface area contributed by atoms with Crippen molar-refractivity contribution >= 4 is 15.9 Å². The predicted molar refractivity (Wildman–Crippen MR) is 110 cm³/mol. The molecule has 0 aromatic heterocycles. The zero-order chi connectivity index (χ0) is 20.9. The number of nitrogens with zero attached hydrogens (tertiary/aromatic N) is 2. The third kappa shape index (κ3) is 4.71. The quantitative estimate of drug-likeness (QED) is 0.691. The van der Waals surface area contributed by atoms with Crippen LogP contribution in [-0.4, -0.2) is 62.9 Å². The maximum absolute atomic E-state index is 13.1. The number of hydrogen-bond donors (Lipinski definition) is 0. The van der Waals surface area contributed by atoms with Gasteiger partial charge in [-0.3, -0.25) is 4.79 Å². The highest BCUT2D eigenvalue weighted by molar-refractivity contribution is 7.89. The number of piperazine rings is 1. The van der Waals surface area contributed by atoms with E-state index in [-0.39, 0.29) is 23.9 Å². The summed E-state index contributed by atoms with van der Waals surface area (Å²) in [5.41, 5.74) is 0.608. The number of ether oxygens (including phenoxy) is 2. The second kappa shape index (κ2) is 9.28. The first-order valence-electron chi connectivity index (χ1n) is 9.71. The highest BCUT2D eigenvalue weighted by atomic mass is 32.2. The lowest BCUT2D eigenvalue weighted by molar-refractivity contribution is 0.0698. The van der Waals surface area contributed by atoms with Gasteiger partial charge in [0.2, 0.25) is 10.0 Å². The molecule has 1 fully saturated rings. The summed E-state index contributed by atoms with van der Waals surface area (Å²) < 4.78 is 38.6. The molecule has 0 atom stereocenters. The van der Waals surface area contributed by atoms with Gasteiger partial charge in [-0.05, 0) is 38.1 Å². The molecule has 0 bridgehead atoms. The summed E-state index contributed by atoms with van der Waals surface area (Å²) >= 11 is 0. The summed E-state index contributed by atoms with van der Waals surface area (Å²) in [6.07, 6.45) is 0. The summed E-state index contributed by atoms with van der Waals surface area (Å²) in [7, 11) is -3.69. The molecule has 1 amide bonds. The van der Waals surface area contributed by atoms with Crippen LogP contribution in [0.25, 0.3) is 0 Å². The van der Waals surface area contributed by atoms with Crippen LogP contribution in [0.2, 0.25) is 0 Å². The maximum atomic E-state index is 13.1. The van der Waals surface area contributed by atoms with Crippen molar-refractivity contribution in [3.63, 3.8) is 0 Å². The zero-order valence-corrected chi connectivity index (χ0v) is 17.5. The van der Waals surface area contributed by atoms with Crippen LogP contribution in [0.15, 0.2) is 53.4 Å². The molecule has 1 aliphatic rings. The number of rotatable bonds is 7. The molecule has 0 saturated carbocycles. The van der Waals surface area contributed by atoms with Crippen molar-refractivity contribution in [2.45, 2.75) is 18.7 Å². The Hall–Kier alpha value is -2.58.